The van der Waals surface area contributed by atoms with Gasteiger partial charge in [-0.2, -0.15) is 13.2 Å². The van der Waals surface area contributed by atoms with Crippen LogP contribution in [-0.2, 0) is 11.0 Å². The van der Waals surface area contributed by atoms with Gasteiger partial charge in [-0.25, -0.2) is 0 Å². The van der Waals surface area contributed by atoms with Crippen LogP contribution in [0.4, 0.5) is 24.5 Å². The van der Waals surface area contributed by atoms with Gasteiger partial charge in [0.2, 0.25) is 5.91 Å². The predicted molar refractivity (Wildman–Crippen MR) is 85.0 cm³/mol. The Morgan fingerprint density at radius 3 is 2.42 bits per heavy atom. The van der Waals surface area contributed by atoms with Gasteiger partial charge in [0.25, 0.3) is 0 Å². The van der Waals surface area contributed by atoms with Gasteiger partial charge in [0.1, 0.15) is 0 Å². The van der Waals surface area contributed by atoms with E-state index in [1.165, 1.54) is 25.1 Å². The van der Waals surface area contributed by atoms with E-state index < -0.39 is 17.6 Å². The van der Waals surface area contributed by atoms with Crippen molar-refractivity contribution in [3.63, 3.8) is 0 Å². The Morgan fingerprint density at radius 1 is 1.04 bits per heavy atom. The van der Waals surface area contributed by atoms with E-state index >= 15 is 0 Å². The van der Waals surface area contributed by atoms with E-state index in [1.807, 2.05) is 0 Å². The maximum atomic E-state index is 12.9. The highest BCUT2D eigenvalue weighted by atomic mass is 19.4. The van der Waals surface area contributed by atoms with Gasteiger partial charge < -0.3 is 10.6 Å². The summed E-state index contributed by atoms with van der Waals surface area (Å²) >= 11 is 0. The van der Waals surface area contributed by atoms with Gasteiger partial charge in [-0.1, -0.05) is 24.3 Å². The maximum absolute atomic E-state index is 12.9. The highest BCUT2D eigenvalue weighted by Gasteiger charge is 2.33. The van der Waals surface area contributed by atoms with Gasteiger partial charge in [0.05, 0.1) is 17.8 Å². The van der Waals surface area contributed by atoms with Gasteiger partial charge >= 0.3 is 6.18 Å². The lowest BCUT2D eigenvalue weighted by atomic mass is 10.1. The molecule has 0 atom stereocenters. The predicted octanol–water partition coefficient (Wildman–Crippen LogP) is 3.96. The second-order valence-corrected chi connectivity index (χ2v) is 5.08. The minimum atomic E-state index is -4.55. The van der Waals surface area contributed by atoms with Crippen LogP contribution in [0, 0.1) is 0 Å². The van der Waals surface area contributed by atoms with E-state index in [9.17, 15) is 22.8 Å². The van der Waals surface area contributed by atoms with Crippen molar-refractivity contribution in [2.24, 2.45) is 0 Å². The highest BCUT2D eigenvalue weighted by Crippen LogP contribution is 2.34. The number of alkyl halides is 3. The maximum Gasteiger partial charge on any atom is 0.418 e. The molecule has 0 unspecified atom stereocenters. The topological polar surface area (TPSA) is 58.2 Å². The number of amides is 1. The molecule has 2 rings (SSSR count). The number of Topliss-reactive ketones (excluding diaryl/α,β-unsaturated/α-hetero) is 1. The van der Waals surface area contributed by atoms with Crippen LogP contribution in [0.2, 0.25) is 0 Å². The number of carbonyl (C=O) groups is 2. The molecule has 126 valence electrons. The van der Waals surface area contributed by atoms with Crippen LogP contribution in [0.15, 0.2) is 48.5 Å². The summed E-state index contributed by atoms with van der Waals surface area (Å²) < 4.78 is 38.6. The molecular formula is C17H15F3N2O2. The molecular weight excluding hydrogens is 321 g/mol. The Bertz CT molecular complexity index is 757. The third-order valence-electron chi connectivity index (χ3n) is 3.23. The summed E-state index contributed by atoms with van der Waals surface area (Å²) in [5, 5.41) is 5.01. The zero-order valence-electron chi connectivity index (χ0n) is 12.8. The van der Waals surface area contributed by atoms with E-state index in [4.69, 9.17) is 0 Å². The molecule has 0 saturated carbocycles. The van der Waals surface area contributed by atoms with Crippen molar-refractivity contribution in [3.8, 4) is 0 Å². The summed E-state index contributed by atoms with van der Waals surface area (Å²) in [5.41, 5.74) is -0.198. The molecule has 4 nitrogen and oxygen atoms in total. The molecule has 2 N–H and O–H groups in total. The first-order valence-electron chi connectivity index (χ1n) is 7.08. The molecule has 0 radical (unpaired) electrons. The van der Waals surface area contributed by atoms with Crippen molar-refractivity contribution in [2.45, 2.75) is 13.1 Å². The van der Waals surface area contributed by atoms with Gasteiger partial charge in [0.15, 0.2) is 5.78 Å². The average molecular weight is 336 g/mol. The summed E-state index contributed by atoms with van der Waals surface area (Å²) in [6.07, 6.45) is -4.55. The van der Waals surface area contributed by atoms with Crippen LogP contribution >= 0.6 is 0 Å². The van der Waals surface area contributed by atoms with Crippen molar-refractivity contribution in [1.29, 1.82) is 0 Å². The smallest absolute Gasteiger partial charge is 0.376 e. The van der Waals surface area contributed by atoms with Crippen LogP contribution in [0.25, 0.3) is 0 Å². The SMILES string of the molecule is CC(=O)c1cccc(NCC(=O)Nc2ccccc2C(F)(F)F)c1. The van der Waals surface area contributed by atoms with Crippen LogP contribution < -0.4 is 10.6 Å². The third kappa shape index (κ3) is 4.58. The van der Waals surface area contributed by atoms with Crippen LogP contribution in [0.1, 0.15) is 22.8 Å². The average Bonchev–Trinajstić information content (AvgIpc) is 2.52. The van der Waals surface area contributed by atoms with Crippen molar-refractivity contribution < 1.29 is 22.8 Å². The Morgan fingerprint density at radius 2 is 1.75 bits per heavy atom. The first-order chi connectivity index (χ1) is 11.3. The number of anilines is 2. The van der Waals surface area contributed by atoms with Crippen LogP contribution in [0.5, 0.6) is 0 Å². The third-order valence-corrected chi connectivity index (χ3v) is 3.23. The number of carbonyl (C=O) groups excluding carboxylic acids is 2. The number of nitrogens with one attached hydrogen (secondary N) is 2. The lowest BCUT2D eigenvalue weighted by Crippen LogP contribution is -2.23. The van der Waals surface area contributed by atoms with Gasteiger partial charge in [-0.05, 0) is 31.2 Å². The number of hydrogen-bond acceptors (Lipinski definition) is 3. The normalized spacial score (nSPS) is 11.0. The van der Waals surface area contributed by atoms with Crippen molar-refractivity contribution in [3.05, 3.63) is 59.7 Å². The molecule has 2 aromatic rings. The van der Waals surface area contributed by atoms with E-state index in [1.54, 1.807) is 24.3 Å². The zero-order chi connectivity index (χ0) is 17.7. The molecule has 0 aliphatic carbocycles. The first-order valence-corrected chi connectivity index (χ1v) is 7.08. The van der Waals surface area contributed by atoms with Crippen molar-refractivity contribution >= 4 is 23.1 Å². The molecule has 0 aliphatic rings. The standard InChI is InChI=1S/C17H15F3N2O2/c1-11(23)12-5-4-6-13(9-12)21-10-16(24)22-15-8-3-2-7-14(15)17(18,19)20/h2-9,21H,10H2,1H3,(H,22,24). The monoisotopic (exact) mass is 336 g/mol. The molecule has 1 amide bonds. The molecule has 0 spiro atoms. The first kappa shape index (κ1) is 17.5. The van der Waals surface area contributed by atoms with Gasteiger partial charge in [-0.15, -0.1) is 0 Å². The number of benzene rings is 2. The van der Waals surface area contributed by atoms with Gasteiger partial charge in [-0.3, -0.25) is 9.59 Å². The fraction of sp³-hybridized carbons (Fsp3) is 0.176. The van der Waals surface area contributed by atoms with Crippen LogP contribution in [0.3, 0.4) is 0 Å². The largest absolute Gasteiger partial charge is 0.418 e. The zero-order valence-corrected chi connectivity index (χ0v) is 12.8. The Labute approximate surface area is 136 Å². The van der Waals surface area contributed by atoms with E-state index in [2.05, 4.69) is 10.6 Å². The molecule has 2 aromatic carbocycles. The van der Waals surface area contributed by atoms with Gasteiger partial charge in [0, 0.05) is 11.3 Å². The lowest BCUT2D eigenvalue weighted by Gasteiger charge is -2.14. The summed E-state index contributed by atoms with van der Waals surface area (Å²) in [4.78, 5) is 23.2. The summed E-state index contributed by atoms with van der Waals surface area (Å²) in [6.45, 7) is 1.19. The minimum Gasteiger partial charge on any atom is -0.376 e. The number of para-hydroxylation sites is 1. The quantitative estimate of drug-likeness (QED) is 0.813. The Kier molecular flexibility index (Phi) is 5.23. The van der Waals surface area contributed by atoms with Crippen molar-refractivity contribution in [1.82, 2.24) is 0 Å². The summed E-state index contributed by atoms with van der Waals surface area (Å²) in [6, 6.07) is 11.3. The minimum absolute atomic E-state index is 0.123. The fourth-order valence-electron chi connectivity index (χ4n) is 2.06. The number of rotatable bonds is 5. The second-order valence-electron chi connectivity index (χ2n) is 5.08. The van der Waals surface area contributed by atoms with E-state index in [-0.39, 0.29) is 18.0 Å². The molecule has 0 fully saturated rings. The highest BCUT2D eigenvalue weighted by molar-refractivity contribution is 5.96. The van der Waals surface area contributed by atoms with E-state index in [0.29, 0.717) is 11.3 Å². The lowest BCUT2D eigenvalue weighted by molar-refractivity contribution is -0.137. The Balaban J connectivity index is 2.02. The number of hydrogen-bond donors (Lipinski definition) is 2. The fourth-order valence-corrected chi connectivity index (χ4v) is 2.06. The van der Waals surface area contributed by atoms with Crippen molar-refractivity contribution in [2.75, 3.05) is 17.2 Å². The molecule has 24 heavy (non-hydrogen) atoms. The summed E-state index contributed by atoms with van der Waals surface area (Å²) in [5.74, 6) is -0.748. The molecule has 0 aliphatic heterocycles. The molecule has 0 bridgehead atoms. The Hall–Kier alpha value is -2.83. The number of halogens is 3. The molecule has 7 heteroatoms. The molecule has 0 saturated heterocycles. The van der Waals surface area contributed by atoms with E-state index in [0.717, 1.165) is 6.07 Å². The summed E-state index contributed by atoms with van der Waals surface area (Å²) in [7, 11) is 0. The molecule has 0 aromatic heterocycles. The molecule has 0 heterocycles. The second kappa shape index (κ2) is 7.16. The number of ketones is 1. The van der Waals surface area contributed by atoms with Crippen LogP contribution in [-0.4, -0.2) is 18.2 Å².